The van der Waals surface area contributed by atoms with Gasteiger partial charge in [-0.15, -0.1) is 0 Å². The van der Waals surface area contributed by atoms with Gasteiger partial charge in [0.1, 0.15) is 11.5 Å². The minimum Gasteiger partial charge on any atom is -0.497 e. The van der Waals surface area contributed by atoms with Crippen LogP contribution in [-0.2, 0) is 0 Å². The Morgan fingerprint density at radius 3 is 2.48 bits per heavy atom. The largest absolute Gasteiger partial charge is 0.497 e. The van der Waals surface area contributed by atoms with Gasteiger partial charge < -0.3 is 25.0 Å². The Balaban J connectivity index is 1.38. The number of piperazine rings is 1. The van der Waals surface area contributed by atoms with Crippen LogP contribution in [0.1, 0.15) is 17.5 Å². The normalized spacial score (nSPS) is 14.3. The zero-order chi connectivity index (χ0) is 22.2. The Kier molecular flexibility index (Phi) is 8.00. The summed E-state index contributed by atoms with van der Waals surface area (Å²) in [6.45, 7) is 10.1. The summed E-state index contributed by atoms with van der Waals surface area (Å²) in [7, 11) is 3.17. The molecule has 2 aromatic rings. The maximum Gasteiger partial charge on any atom is 0.319 e. The van der Waals surface area contributed by atoms with Crippen molar-refractivity contribution in [2.24, 2.45) is 0 Å². The average molecular weight is 427 g/mol. The molecule has 31 heavy (non-hydrogen) atoms. The van der Waals surface area contributed by atoms with Gasteiger partial charge in [-0.1, -0.05) is 12.1 Å². The molecule has 2 amide bonds. The monoisotopic (exact) mass is 426 g/mol. The van der Waals surface area contributed by atoms with Gasteiger partial charge >= 0.3 is 6.03 Å². The number of anilines is 2. The number of rotatable bonds is 8. The minimum atomic E-state index is -0.244. The second-order valence-electron chi connectivity index (χ2n) is 7.92. The van der Waals surface area contributed by atoms with Gasteiger partial charge in [0, 0.05) is 44.5 Å². The molecule has 7 heteroatoms. The van der Waals surface area contributed by atoms with Crippen molar-refractivity contribution >= 4 is 17.4 Å². The molecule has 1 fully saturated rings. The Bertz CT molecular complexity index is 879. The maximum atomic E-state index is 12.3. The van der Waals surface area contributed by atoms with E-state index in [-0.39, 0.29) is 6.03 Å². The number of hydrogen-bond acceptors (Lipinski definition) is 5. The first-order chi connectivity index (χ1) is 15.0. The van der Waals surface area contributed by atoms with Gasteiger partial charge in [0.25, 0.3) is 0 Å². The smallest absolute Gasteiger partial charge is 0.319 e. The fourth-order valence-corrected chi connectivity index (χ4v) is 3.86. The van der Waals surface area contributed by atoms with Crippen LogP contribution < -0.4 is 25.0 Å². The predicted molar refractivity (Wildman–Crippen MR) is 126 cm³/mol. The summed E-state index contributed by atoms with van der Waals surface area (Å²) in [4.78, 5) is 17.2. The third kappa shape index (κ3) is 6.28. The standard InChI is InChI=1S/C24H34N4O3/c1-18-6-7-19(2)22(16-18)28-14-12-27(13-15-28)11-5-10-25-24(29)26-21-17-20(30-3)8-9-23(21)31-4/h6-9,16-17H,5,10-15H2,1-4H3,(H2,25,26,29). The van der Waals surface area contributed by atoms with Gasteiger partial charge in [0.05, 0.1) is 19.9 Å². The van der Waals surface area contributed by atoms with Crippen molar-refractivity contribution < 1.29 is 14.3 Å². The first kappa shape index (κ1) is 22.7. The number of aryl methyl sites for hydroxylation is 2. The maximum absolute atomic E-state index is 12.3. The molecule has 168 valence electrons. The van der Waals surface area contributed by atoms with Crippen LogP contribution in [0.5, 0.6) is 11.5 Å². The quantitative estimate of drug-likeness (QED) is 0.631. The van der Waals surface area contributed by atoms with Gasteiger partial charge in [0.2, 0.25) is 0 Å². The zero-order valence-corrected chi connectivity index (χ0v) is 19.0. The predicted octanol–water partition coefficient (Wildman–Crippen LogP) is 3.65. The lowest BCUT2D eigenvalue weighted by Crippen LogP contribution is -2.47. The highest BCUT2D eigenvalue weighted by Crippen LogP contribution is 2.28. The zero-order valence-electron chi connectivity index (χ0n) is 19.0. The van der Waals surface area contributed by atoms with Crippen LogP contribution in [0.2, 0.25) is 0 Å². The van der Waals surface area contributed by atoms with Gasteiger partial charge in [-0.3, -0.25) is 4.90 Å². The van der Waals surface area contributed by atoms with Crippen molar-refractivity contribution in [1.29, 1.82) is 0 Å². The van der Waals surface area contributed by atoms with E-state index in [0.717, 1.165) is 39.1 Å². The van der Waals surface area contributed by atoms with E-state index in [1.807, 2.05) is 0 Å². The third-order valence-corrected chi connectivity index (χ3v) is 5.67. The highest BCUT2D eigenvalue weighted by molar-refractivity contribution is 5.91. The molecule has 1 aliphatic rings. The van der Waals surface area contributed by atoms with Crippen LogP contribution in [0, 0.1) is 13.8 Å². The number of amides is 2. The molecule has 1 aliphatic heterocycles. The second kappa shape index (κ2) is 10.9. The first-order valence-corrected chi connectivity index (χ1v) is 10.8. The number of nitrogens with one attached hydrogen (secondary N) is 2. The molecule has 0 radical (unpaired) electrons. The summed E-state index contributed by atoms with van der Waals surface area (Å²) in [5.41, 5.74) is 4.58. The second-order valence-corrected chi connectivity index (χ2v) is 7.92. The van der Waals surface area contributed by atoms with E-state index in [1.165, 1.54) is 16.8 Å². The van der Waals surface area contributed by atoms with E-state index in [2.05, 4.69) is 52.5 Å². The van der Waals surface area contributed by atoms with Crippen molar-refractivity contribution in [3.63, 3.8) is 0 Å². The van der Waals surface area contributed by atoms with E-state index in [4.69, 9.17) is 9.47 Å². The van der Waals surface area contributed by atoms with E-state index < -0.39 is 0 Å². The molecule has 3 rings (SSSR count). The van der Waals surface area contributed by atoms with Crippen molar-refractivity contribution in [3.05, 3.63) is 47.5 Å². The Morgan fingerprint density at radius 2 is 1.77 bits per heavy atom. The molecule has 0 saturated carbocycles. The van der Waals surface area contributed by atoms with Crippen molar-refractivity contribution in [2.75, 3.05) is 63.7 Å². The number of benzene rings is 2. The third-order valence-electron chi connectivity index (χ3n) is 5.67. The molecule has 2 N–H and O–H groups in total. The molecule has 0 spiro atoms. The van der Waals surface area contributed by atoms with E-state index in [9.17, 15) is 4.79 Å². The molecular formula is C24H34N4O3. The fourth-order valence-electron chi connectivity index (χ4n) is 3.86. The highest BCUT2D eigenvalue weighted by atomic mass is 16.5. The lowest BCUT2D eigenvalue weighted by Gasteiger charge is -2.37. The number of methoxy groups -OCH3 is 2. The number of nitrogens with zero attached hydrogens (tertiary/aromatic N) is 2. The van der Waals surface area contributed by atoms with Crippen LogP contribution in [0.15, 0.2) is 36.4 Å². The molecule has 0 unspecified atom stereocenters. The molecule has 2 aromatic carbocycles. The lowest BCUT2D eigenvalue weighted by molar-refractivity contribution is 0.244. The average Bonchev–Trinajstić information content (AvgIpc) is 2.78. The fraction of sp³-hybridized carbons (Fsp3) is 0.458. The van der Waals surface area contributed by atoms with Gasteiger partial charge in [-0.05, 0) is 56.1 Å². The molecule has 0 aliphatic carbocycles. The topological polar surface area (TPSA) is 66.1 Å². The molecule has 1 heterocycles. The number of carbonyl (C=O) groups is 1. The first-order valence-electron chi connectivity index (χ1n) is 10.8. The van der Waals surface area contributed by atoms with Gasteiger partial charge in [-0.25, -0.2) is 4.79 Å². The number of ether oxygens (including phenoxy) is 2. The molecule has 0 bridgehead atoms. The number of urea groups is 1. The van der Waals surface area contributed by atoms with Gasteiger partial charge in [0.15, 0.2) is 0 Å². The molecule has 0 aromatic heterocycles. The van der Waals surface area contributed by atoms with Crippen molar-refractivity contribution in [3.8, 4) is 11.5 Å². The Labute approximate surface area is 185 Å². The van der Waals surface area contributed by atoms with E-state index in [0.29, 0.717) is 23.7 Å². The number of carbonyl (C=O) groups excluding carboxylic acids is 1. The van der Waals surface area contributed by atoms with E-state index in [1.54, 1.807) is 32.4 Å². The molecule has 1 saturated heterocycles. The van der Waals surface area contributed by atoms with Crippen molar-refractivity contribution in [2.45, 2.75) is 20.3 Å². The number of hydrogen-bond donors (Lipinski definition) is 2. The van der Waals surface area contributed by atoms with Crippen LogP contribution in [-0.4, -0.2) is 64.4 Å². The summed E-state index contributed by atoms with van der Waals surface area (Å²) in [5, 5.41) is 5.76. The minimum absolute atomic E-state index is 0.244. The summed E-state index contributed by atoms with van der Waals surface area (Å²) in [6.07, 6.45) is 0.909. The Hall–Kier alpha value is -2.93. The Morgan fingerprint density at radius 1 is 1.00 bits per heavy atom. The molecular weight excluding hydrogens is 392 g/mol. The summed E-state index contributed by atoms with van der Waals surface area (Å²) >= 11 is 0. The lowest BCUT2D eigenvalue weighted by atomic mass is 10.1. The summed E-state index contributed by atoms with van der Waals surface area (Å²) in [5.74, 6) is 1.26. The molecule has 0 atom stereocenters. The summed E-state index contributed by atoms with van der Waals surface area (Å²) in [6, 6.07) is 11.7. The van der Waals surface area contributed by atoms with Crippen LogP contribution in [0.25, 0.3) is 0 Å². The van der Waals surface area contributed by atoms with Crippen molar-refractivity contribution in [1.82, 2.24) is 10.2 Å². The SMILES string of the molecule is COc1ccc(OC)c(NC(=O)NCCCN2CCN(c3cc(C)ccc3C)CC2)c1. The van der Waals surface area contributed by atoms with Crippen LogP contribution >= 0.6 is 0 Å². The molecule has 7 nitrogen and oxygen atoms in total. The van der Waals surface area contributed by atoms with Crippen LogP contribution in [0.3, 0.4) is 0 Å². The van der Waals surface area contributed by atoms with Crippen LogP contribution in [0.4, 0.5) is 16.2 Å². The van der Waals surface area contributed by atoms with E-state index >= 15 is 0 Å². The highest BCUT2D eigenvalue weighted by Gasteiger charge is 2.18. The summed E-state index contributed by atoms with van der Waals surface area (Å²) < 4.78 is 10.5. The van der Waals surface area contributed by atoms with Gasteiger partial charge in [-0.2, -0.15) is 0 Å².